The molecule has 6 heteroatoms. The van der Waals surface area contributed by atoms with Gasteiger partial charge in [-0.1, -0.05) is 48.5 Å². The number of benzene rings is 2. The van der Waals surface area contributed by atoms with Crippen molar-refractivity contribution in [2.75, 3.05) is 13.6 Å². The SMILES string of the molecule is CN=C(NCc1csc(-c2ccccc2)n1)NCC1Cc2ccccc2O1. The minimum atomic E-state index is 0.130. The monoisotopic (exact) mass is 378 g/mol. The van der Waals surface area contributed by atoms with Gasteiger partial charge < -0.3 is 15.4 Å². The summed E-state index contributed by atoms with van der Waals surface area (Å²) in [5.74, 6) is 1.74. The Morgan fingerprint density at radius 3 is 2.78 bits per heavy atom. The number of hydrogen-bond donors (Lipinski definition) is 2. The van der Waals surface area contributed by atoms with Gasteiger partial charge in [-0.25, -0.2) is 4.98 Å². The van der Waals surface area contributed by atoms with Gasteiger partial charge in [0.05, 0.1) is 18.8 Å². The minimum Gasteiger partial charge on any atom is -0.488 e. The molecule has 1 unspecified atom stereocenters. The van der Waals surface area contributed by atoms with E-state index in [4.69, 9.17) is 9.72 Å². The van der Waals surface area contributed by atoms with E-state index in [1.807, 2.05) is 30.3 Å². The van der Waals surface area contributed by atoms with Gasteiger partial charge in [0.15, 0.2) is 5.96 Å². The van der Waals surface area contributed by atoms with Crippen molar-refractivity contribution in [1.29, 1.82) is 0 Å². The third-order valence-corrected chi connectivity index (χ3v) is 5.38. The number of hydrogen-bond acceptors (Lipinski definition) is 4. The smallest absolute Gasteiger partial charge is 0.191 e. The van der Waals surface area contributed by atoms with E-state index in [0.29, 0.717) is 13.1 Å². The van der Waals surface area contributed by atoms with Crippen LogP contribution in [0.4, 0.5) is 0 Å². The summed E-state index contributed by atoms with van der Waals surface area (Å²) in [5, 5.41) is 9.78. The van der Waals surface area contributed by atoms with Gasteiger partial charge in [-0.3, -0.25) is 4.99 Å². The third kappa shape index (κ3) is 4.28. The highest BCUT2D eigenvalue weighted by Gasteiger charge is 2.22. The first kappa shape index (κ1) is 17.5. The van der Waals surface area contributed by atoms with Crippen LogP contribution in [0.1, 0.15) is 11.3 Å². The fraction of sp³-hybridized carbons (Fsp3) is 0.238. The highest BCUT2D eigenvalue weighted by atomic mass is 32.1. The molecule has 1 aliphatic rings. The van der Waals surface area contributed by atoms with Crippen LogP contribution >= 0.6 is 11.3 Å². The lowest BCUT2D eigenvalue weighted by molar-refractivity contribution is 0.235. The highest BCUT2D eigenvalue weighted by Crippen LogP contribution is 2.27. The number of nitrogens with zero attached hydrogens (tertiary/aromatic N) is 2. The predicted molar refractivity (Wildman–Crippen MR) is 110 cm³/mol. The molecular formula is C21H22N4OS. The Kier molecular flexibility index (Phi) is 5.34. The first-order valence-corrected chi connectivity index (χ1v) is 9.88. The average molecular weight is 379 g/mol. The Hall–Kier alpha value is -2.86. The van der Waals surface area contributed by atoms with E-state index < -0.39 is 0 Å². The lowest BCUT2D eigenvalue weighted by Crippen LogP contribution is -2.42. The summed E-state index contributed by atoms with van der Waals surface area (Å²) < 4.78 is 5.96. The fourth-order valence-electron chi connectivity index (χ4n) is 3.07. The Morgan fingerprint density at radius 1 is 1.15 bits per heavy atom. The third-order valence-electron chi connectivity index (χ3n) is 4.44. The zero-order chi connectivity index (χ0) is 18.5. The minimum absolute atomic E-state index is 0.130. The molecule has 5 nitrogen and oxygen atoms in total. The van der Waals surface area contributed by atoms with Crippen molar-refractivity contribution in [2.45, 2.75) is 19.1 Å². The molecule has 0 aliphatic carbocycles. The maximum atomic E-state index is 5.96. The van der Waals surface area contributed by atoms with Gasteiger partial charge in [0, 0.05) is 24.4 Å². The van der Waals surface area contributed by atoms with E-state index in [1.54, 1.807) is 18.4 Å². The van der Waals surface area contributed by atoms with E-state index in [2.05, 4.69) is 45.3 Å². The van der Waals surface area contributed by atoms with E-state index in [1.165, 1.54) is 5.56 Å². The van der Waals surface area contributed by atoms with Crippen LogP contribution in [0, 0.1) is 0 Å². The molecule has 3 aromatic rings. The number of rotatable bonds is 5. The molecule has 0 saturated heterocycles. The van der Waals surface area contributed by atoms with Gasteiger partial charge >= 0.3 is 0 Å². The summed E-state index contributed by atoms with van der Waals surface area (Å²) in [4.78, 5) is 8.99. The summed E-state index contributed by atoms with van der Waals surface area (Å²) in [7, 11) is 1.77. The lowest BCUT2D eigenvalue weighted by atomic mass is 10.1. The summed E-state index contributed by atoms with van der Waals surface area (Å²) in [6.07, 6.45) is 1.05. The van der Waals surface area contributed by atoms with Crippen LogP contribution in [-0.4, -0.2) is 30.6 Å². The normalized spacial score (nSPS) is 15.9. The Balaban J connectivity index is 1.27. The lowest BCUT2D eigenvalue weighted by Gasteiger charge is -2.15. The van der Waals surface area contributed by atoms with Crippen molar-refractivity contribution in [3.8, 4) is 16.3 Å². The first-order valence-electron chi connectivity index (χ1n) is 9.01. The number of para-hydroxylation sites is 1. The number of nitrogens with one attached hydrogen (secondary N) is 2. The number of aliphatic imine (C=N–C) groups is 1. The molecule has 4 rings (SSSR count). The Bertz CT molecular complexity index is 898. The molecule has 2 aromatic carbocycles. The van der Waals surface area contributed by atoms with E-state index in [9.17, 15) is 0 Å². The van der Waals surface area contributed by atoms with E-state index >= 15 is 0 Å². The van der Waals surface area contributed by atoms with Gasteiger partial charge in [0.25, 0.3) is 0 Å². The van der Waals surface area contributed by atoms with Crippen molar-refractivity contribution in [3.05, 3.63) is 71.2 Å². The van der Waals surface area contributed by atoms with Crippen molar-refractivity contribution in [3.63, 3.8) is 0 Å². The molecule has 0 radical (unpaired) electrons. The molecule has 0 fully saturated rings. The molecule has 138 valence electrons. The van der Waals surface area contributed by atoms with Crippen LogP contribution in [0.5, 0.6) is 5.75 Å². The second kappa shape index (κ2) is 8.22. The van der Waals surface area contributed by atoms with Crippen molar-refractivity contribution < 1.29 is 4.74 Å². The number of ether oxygens (including phenoxy) is 1. The zero-order valence-electron chi connectivity index (χ0n) is 15.2. The first-order chi connectivity index (χ1) is 13.3. The summed E-state index contributed by atoms with van der Waals surface area (Å²) >= 11 is 1.66. The molecule has 0 amide bonds. The standard InChI is InChI=1S/C21H22N4OS/c1-22-21(24-13-18-11-16-9-5-6-10-19(16)26-18)23-12-17-14-27-20(25-17)15-7-3-2-4-8-15/h2-10,14,18H,11-13H2,1H3,(H2,22,23,24). The zero-order valence-corrected chi connectivity index (χ0v) is 16.0. The molecule has 27 heavy (non-hydrogen) atoms. The quantitative estimate of drug-likeness (QED) is 0.527. The van der Waals surface area contributed by atoms with Crippen molar-refractivity contribution in [2.24, 2.45) is 4.99 Å². The van der Waals surface area contributed by atoms with Gasteiger partial charge in [0.2, 0.25) is 0 Å². The molecule has 0 saturated carbocycles. The van der Waals surface area contributed by atoms with Gasteiger partial charge in [0.1, 0.15) is 16.9 Å². The largest absolute Gasteiger partial charge is 0.488 e. The number of thiazole rings is 1. The van der Waals surface area contributed by atoms with Crippen LogP contribution in [0.3, 0.4) is 0 Å². The Labute approximate surface area is 163 Å². The number of fused-ring (bicyclic) bond motifs is 1. The molecule has 0 spiro atoms. The molecule has 1 aliphatic heterocycles. The summed E-state index contributed by atoms with van der Waals surface area (Å²) in [6.45, 7) is 1.34. The molecular weight excluding hydrogens is 356 g/mol. The highest BCUT2D eigenvalue weighted by molar-refractivity contribution is 7.13. The van der Waals surface area contributed by atoms with Crippen LogP contribution in [0.25, 0.3) is 10.6 Å². The molecule has 2 heterocycles. The fourth-order valence-corrected chi connectivity index (χ4v) is 3.90. The molecule has 0 bridgehead atoms. The summed E-state index contributed by atoms with van der Waals surface area (Å²) in [5.41, 5.74) is 3.42. The second-order valence-corrected chi connectivity index (χ2v) is 7.23. The van der Waals surface area contributed by atoms with Crippen molar-refractivity contribution in [1.82, 2.24) is 15.6 Å². The van der Waals surface area contributed by atoms with Gasteiger partial charge in [-0.15, -0.1) is 11.3 Å². The van der Waals surface area contributed by atoms with Gasteiger partial charge in [-0.2, -0.15) is 0 Å². The average Bonchev–Trinajstić information content (AvgIpc) is 3.35. The predicted octanol–water partition coefficient (Wildman–Crippen LogP) is 3.48. The van der Waals surface area contributed by atoms with Crippen LogP contribution in [-0.2, 0) is 13.0 Å². The number of aromatic nitrogens is 1. The van der Waals surface area contributed by atoms with E-state index in [-0.39, 0.29) is 6.10 Å². The van der Waals surface area contributed by atoms with Gasteiger partial charge in [-0.05, 0) is 11.6 Å². The van der Waals surface area contributed by atoms with Crippen LogP contribution < -0.4 is 15.4 Å². The number of guanidine groups is 1. The van der Waals surface area contributed by atoms with Crippen LogP contribution in [0.15, 0.2) is 65.0 Å². The topological polar surface area (TPSA) is 58.5 Å². The van der Waals surface area contributed by atoms with E-state index in [0.717, 1.165) is 34.4 Å². The summed E-state index contributed by atoms with van der Waals surface area (Å²) in [6, 6.07) is 18.4. The molecule has 1 aromatic heterocycles. The molecule has 2 N–H and O–H groups in total. The molecule has 1 atom stereocenters. The van der Waals surface area contributed by atoms with Crippen molar-refractivity contribution >= 4 is 17.3 Å². The van der Waals surface area contributed by atoms with Crippen LogP contribution in [0.2, 0.25) is 0 Å². The maximum absolute atomic E-state index is 5.96. The second-order valence-electron chi connectivity index (χ2n) is 6.37. The Morgan fingerprint density at radius 2 is 1.96 bits per heavy atom. The maximum Gasteiger partial charge on any atom is 0.191 e.